The van der Waals surface area contributed by atoms with E-state index in [-0.39, 0.29) is 0 Å². The molecule has 23 heavy (non-hydrogen) atoms. The highest BCUT2D eigenvalue weighted by molar-refractivity contribution is 5.51. The van der Waals surface area contributed by atoms with Crippen molar-refractivity contribution in [2.24, 2.45) is 0 Å². The molecule has 0 unspecified atom stereocenters. The minimum absolute atomic E-state index is 0.396. The van der Waals surface area contributed by atoms with Gasteiger partial charge in [0.1, 0.15) is 6.07 Å². The zero-order chi connectivity index (χ0) is 16.4. The van der Waals surface area contributed by atoms with Crippen molar-refractivity contribution in [2.45, 2.75) is 20.8 Å². The first-order valence-corrected chi connectivity index (χ1v) is 8.04. The molecule has 0 atom stereocenters. The Balaban J connectivity index is 1.89. The number of aryl methyl sites for hydroxylation is 2. The maximum Gasteiger partial charge on any atom is 0.207 e. The number of nitrogens with zero attached hydrogens (tertiary/aromatic N) is 6. The Hall–Kier alpha value is -2.39. The van der Waals surface area contributed by atoms with E-state index in [1.807, 2.05) is 6.07 Å². The number of hydrogen-bond donors (Lipinski definition) is 0. The van der Waals surface area contributed by atoms with Gasteiger partial charge in [-0.3, -0.25) is 0 Å². The van der Waals surface area contributed by atoms with Gasteiger partial charge in [0.2, 0.25) is 5.69 Å². The first-order valence-electron chi connectivity index (χ1n) is 8.04. The highest BCUT2D eigenvalue weighted by atomic mass is 15.5. The lowest BCUT2D eigenvalue weighted by Gasteiger charge is -2.33. The summed E-state index contributed by atoms with van der Waals surface area (Å²) >= 11 is 0. The summed E-state index contributed by atoms with van der Waals surface area (Å²) in [6.45, 7) is 11.1. The summed E-state index contributed by atoms with van der Waals surface area (Å²) in [5, 5.41) is 18.4. The maximum atomic E-state index is 9.40. The number of likely N-dealkylation sites (N-methyl/N-ethyl adjacent to an activating group) is 1. The molecule has 0 saturated carbocycles. The molecule has 3 rings (SSSR count). The van der Waals surface area contributed by atoms with Crippen LogP contribution in [0.15, 0.2) is 18.2 Å². The van der Waals surface area contributed by atoms with Crippen molar-refractivity contribution in [3.63, 3.8) is 0 Å². The quantitative estimate of drug-likeness (QED) is 0.866. The molecule has 2 aromatic rings. The Bertz CT molecular complexity index is 734. The second kappa shape index (κ2) is 6.39. The normalized spacial score (nSPS) is 15.7. The topological polar surface area (TPSA) is 61.0 Å². The lowest BCUT2D eigenvalue weighted by Crippen LogP contribution is -2.46. The van der Waals surface area contributed by atoms with Crippen LogP contribution in [0.2, 0.25) is 0 Å². The summed E-state index contributed by atoms with van der Waals surface area (Å²) in [6, 6.07) is 8.28. The number of anilines is 1. The van der Waals surface area contributed by atoms with Gasteiger partial charge in [0, 0.05) is 26.2 Å². The van der Waals surface area contributed by atoms with Crippen molar-refractivity contribution >= 4 is 5.82 Å². The molecule has 0 amide bonds. The van der Waals surface area contributed by atoms with Gasteiger partial charge in [0.15, 0.2) is 5.82 Å². The van der Waals surface area contributed by atoms with Crippen LogP contribution in [-0.4, -0.2) is 52.6 Å². The van der Waals surface area contributed by atoms with E-state index in [1.54, 1.807) is 4.80 Å². The standard InChI is InChI=1S/C17H22N6/c1-4-21-7-9-22(10-8-21)17-16(12-18)19-23(20-17)15-6-5-13(2)14(3)11-15/h5-6,11H,4,7-10H2,1-3H3. The molecule has 6 nitrogen and oxygen atoms in total. The summed E-state index contributed by atoms with van der Waals surface area (Å²) in [5.41, 5.74) is 3.71. The zero-order valence-corrected chi connectivity index (χ0v) is 14.0. The number of piperazine rings is 1. The van der Waals surface area contributed by atoms with Crippen LogP contribution in [0.3, 0.4) is 0 Å². The van der Waals surface area contributed by atoms with Gasteiger partial charge in [-0.25, -0.2) is 0 Å². The average Bonchev–Trinajstić information content (AvgIpc) is 3.02. The molecule has 0 aliphatic carbocycles. The van der Waals surface area contributed by atoms with Crippen LogP contribution in [0.4, 0.5) is 5.82 Å². The molecule has 0 spiro atoms. The van der Waals surface area contributed by atoms with Crippen molar-refractivity contribution in [1.29, 1.82) is 5.26 Å². The van der Waals surface area contributed by atoms with Crippen molar-refractivity contribution in [3.05, 3.63) is 35.0 Å². The van der Waals surface area contributed by atoms with Gasteiger partial charge in [-0.15, -0.1) is 15.0 Å². The van der Waals surface area contributed by atoms with Crippen LogP contribution < -0.4 is 4.90 Å². The van der Waals surface area contributed by atoms with Gasteiger partial charge >= 0.3 is 0 Å². The van der Waals surface area contributed by atoms with Gasteiger partial charge in [-0.05, 0) is 43.7 Å². The first-order chi connectivity index (χ1) is 11.1. The molecular weight excluding hydrogens is 288 g/mol. The van der Waals surface area contributed by atoms with Crippen LogP contribution in [0.5, 0.6) is 0 Å². The third kappa shape index (κ3) is 3.06. The fourth-order valence-electron chi connectivity index (χ4n) is 2.83. The van der Waals surface area contributed by atoms with Gasteiger partial charge in [-0.2, -0.15) is 5.26 Å². The lowest BCUT2D eigenvalue weighted by atomic mass is 10.1. The van der Waals surface area contributed by atoms with Crippen LogP contribution >= 0.6 is 0 Å². The van der Waals surface area contributed by atoms with Crippen LogP contribution in [0.25, 0.3) is 5.69 Å². The molecule has 1 aromatic carbocycles. The Kier molecular flexibility index (Phi) is 4.30. The van der Waals surface area contributed by atoms with Crippen LogP contribution in [0, 0.1) is 25.2 Å². The summed E-state index contributed by atoms with van der Waals surface area (Å²) in [6.07, 6.45) is 0. The zero-order valence-electron chi connectivity index (χ0n) is 14.0. The summed E-state index contributed by atoms with van der Waals surface area (Å²) in [7, 11) is 0. The third-order valence-electron chi connectivity index (χ3n) is 4.54. The van der Waals surface area contributed by atoms with Gasteiger partial charge in [-0.1, -0.05) is 13.0 Å². The fraction of sp³-hybridized carbons (Fsp3) is 0.471. The van der Waals surface area contributed by atoms with Gasteiger partial charge in [0.25, 0.3) is 0 Å². The third-order valence-corrected chi connectivity index (χ3v) is 4.54. The van der Waals surface area contributed by atoms with Gasteiger partial charge < -0.3 is 9.80 Å². The number of benzene rings is 1. The number of rotatable bonds is 3. The van der Waals surface area contributed by atoms with E-state index in [0.717, 1.165) is 38.4 Å². The minimum Gasteiger partial charge on any atom is -0.350 e. The molecule has 0 N–H and O–H groups in total. The fourth-order valence-corrected chi connectivity index (χ4v) is 2.83. The van der Waals surface area contributed by atoms with E-state index in [4.69, 9.17) is 0 Å². The Labute approximate surface area is 136 Å². The Morgan fingerprint density at radius 2 is 1.83 bits per heavy atom. The van der Waals surface area contributed by atoms with E-state index < -0.39 is 0 Å². The smallest absolute Gasteiger partial charge is 0.207 e. The van der Waals surface area contributed by atoms with E-state index >= 15 is 0 Å². The Morgan fingerprint density at radius 1 is 1.09 bits per heavy atom. The molecule has 0 radical (unpaired) electrons. The Morgan fingerprint density at radius 3 is 2.43 bits per heavy atom. The van der Waals surface area contributed by atoms with E-state index in [9.17, 15) is 5.26 Å². The largest absolute Gasteiger partial charge is 0.350 e. The predicted molar refractivity (Wildman–Crippen MR) is 89.9 cm³/mol. The molecule has 1 fully saturated rings. The molecule has 120 valence electrons. The van der Waals surface area contributed by atoms with E-state index in [0.29, 0.717) is 11.5 Å². The summed E-state index contributed by atoms with van der Waals surface area (Å²) < 4.78 is 0. The summed E-state index contributed by atoms with van der Waals surface area (Å²) in [4.78, 5) is 6.14. The molecule has 1 aliphatic rings. The first kappa shape index (κ1) is 15.5. The molecule has 0 bridgehead atoms. The van der Waals surface area contributed by atoms with Crippen molar-refractivity contribution in [2.75, 3.05) is 37.6 Å². The summed E-state index contributed by atoms with van der Waals surface area (Å²) in [5.74, 6) is 0.696. The van der Waals surface area contributed by atoms with Crippen molar-refractivity contribution in [3.8, 4) is 11.8 Å². The lowest BCUT2D eigenvalue weighted by molar-refractivity contribution is 0.270. The number of nitriles is 1. The van der Waals surface area contributed by atoms with E-state index in [1.165, 1.54) is 11.1 Å². The molecule has 1 aromatic heterocycles. The predicted octanol–water partition coefficient (Wildman–Crippen LogP) is 1.90. The van der Waals surface area contributed by atoms with E-state index in [2.05, 4.69) is 59.0 Å². The van der Waals surface area contributed by atoms with Crippen molar-refractivity contribution < 1.29 is 0 Å². The number of aromatic nitrogens is 3. The maximum absolute atomic E-state index is 9.40. The molecule has 1 saturated heterocycles. The van der Waals surface area contributed by atoms with Crippen LogP contribution in [-0.2, 0) is 0 Å². The average molecular weight is 310 g/mol. The minimum atomic E-state index is 0.396. The highest BCUT2D eigenvalue weighted by Crippen LogP contribution is 2.20. The molecule has 2 heterocycles. The second-order valence-electron chi connectivity index (χ2n) is 5.96. The monoisotopic (exact) mass is 310 g/mol. The van der Waals surface area contributed by atoms with Crippen molar-refractivity contribution in [1.82, 2.24) is 19.9 Å². The van der Waals surface area contributed by atoms with Crippen LogP contribution in [0.1, 0.15) is 23.7 Å². The molecular formula is C17H22N6. The molecule has 6 heteroatoms. The SMILES string of the molecule is CCN1CCN(c2nn(-c3ccc(C)c(C)c3)nc2C#N)CC1. The highest BCUT2D eigenvalue weighted by Gasteiger charge is 2.22. The molecule has 1 aliphatic heterocycles. The van der Waals surface area contributed by atoms with Gasteiger partial charge in [0.05, 0.1) is 5.69 Å². The number of hydrogen-bond acceptors (Lipinski definition) is 5. The second-order valence-corrected chi connectivity index (χ2v) is 5.96.